The highest BCUT2D eigenvalue weighted by atomic mass is 16.2. The fraction of sp³-hybridized carbons (Fsp3) is 1.00. The van der Waals surface area contributed by atoms with E-state index in [9.17, 15) is 0 Å². The molecule has 2 atom stereocenters. The maximum Gasteiger partial charge on any atom is 0.0430 e. The van der Waals surface area contributed by atoms with Crippen molar-refractivity contribution < 1.29 is 5.11 Å². The van der Waals surface area contributed by atoms with Crippen molar-refractivity contribution in [1.29, 1.82) is 0 Å². The summed E-state index contributed by atoms with van der Waals surface area (Å²) in [5.41, 5.74) is 0. The monoisotopic (exact) mass is 262 g/mol. The first kappa shape index (κ1) is 26.5. The van der Waals surface area contributed by atoms with Crippen LogP contribution in [-0.4, -0.2) is 11.7 Å². The molecule has 0 spiro atoms. The maximum absolute atomic E-state index is 8.07. The molecule has 1 fully saturated rings. The number of aliphatic hydroxyl groups is 1. The first-order valence-electron chi connectivity index (χ1n) is 7.83. The Hall–Kier alpha value is -0.0400. The summed E-state index contributed by atoms with van der Waals surface area (Å²) < 4.78 is 0. The van der Waals surface area contributed by atoms with Crippen molar-refractivity contribution in [2.45, 2.75) is 94.4 Å². The molecule has 0 aromatic carbocycles. The highest BCUT2D eigenvalue weighted by Crippen LogP contribution is 2.28. The fourth-order valence-corrected chi connectivity index (χ4v) is 1.66. The number of rotatable bonds is 2. The summed E-state index contributed by atoms with van der Waals surface area (Å²) in [4.78, 5) is 0. The molecule has 0 saturated heterocycles. The second-order valence-corrected chi connectivity index (χ2v) is 4.32. The molecule has 0 aromatic rings. The molecular weight excluding hydrogens is 220 g/mol. The molecule has 0 aromatic heterocycles. The molecule has 2 unspecified atom stereocenters. The molecule has 18 heavy (non-hydrogen) atoms. The second kappa shape index (κ2) is 25.7. The van der Waals surface area contributed by atoms with Crippen molar-refractivity contribution >= 4 is 0 Å². The van der Waals surface area contributed by atoms with Gasteiger partial charge >= 0.3 is 0 Å². The molecule has 116 valence electrons. The summed E-state index contributed by atoms with van der Waals surface area (Å²) in [5, 5.41) is 8.07. The van der Waals surface area contributed by atoms with Crippen LogP contribution in [0.25, 0.3) is 0 Å². The first-order chi connectivity index (χ1) is 8.22. The SMILES string of the molecule is C.CC.CC.CC1CCCCC1C.CCCCO. The van der Waals surface area contributed by atoms with Crippen LogP contribution < -0.4 is 0 Å². The van der Waals surface area contributed by atoms with Gasteiger partial charge in [0.2, 0.25) is 0 Å². The molecule has 1 heteroatoms. The van der Waals surface area contributed by atoms with E-state index < -0.39 is 0 Å². The Kier molecular flexibility index (Phi) is 37.9. The molecule has 1 N–H and O–H groups in total. The van der Waals surface area contributed by atoms with Crippen LogP contribution in [0.4, 0.5) is 0 Å². The van der Waals surface area contributed by atoms with Crippen molar-refractivity contribution in [2.75, 3.05) is 6.61 Å². The van der Waals surface area contributed by atoms with Crippen LogP contribution in [0, 0.1) is 11.8 Å². The summed E-state index contributed by atoms with van der Waals surface area (Å²) in [5.74, 6) is 2.01. The van der Waals surface area contributed by atoms with E-state index in [2.05, 4.69) is 20.8 Å². The lowest BCUT2D eigenvalue weighted by atomic mass is 9.82. The second-order valence-electron chi connectivity index (χ2n) is 4.32. The molecular formula is C17H42O. The third-order valence-electron chi connectivity index (χ3n) is 3.05. The molecule has 0 bridgehead atoms. The molecule has 0 amide bonds. The molecule has 1 rings (SSSR count). The van der Waals surface area contributed by atoms with Gasteiger partial charge in [-0.25, -0.2) is 0 Å². The standard InChI is InChI=1S/C8H16.C4H10O.2C2H6.CH4/c1-7-5-3-4-6-8(7)2;1-2-3-4-5;2*1-2;/h7-8H,3-6H2,1-2H3;5H,2-4H2,1H3;2*1-2H3;1H4. The van der Waals surface area contributed by atoms with Gasteiger partial charge in [0.05, 0.1) is 0 Å². The number of aliphatic hydroxyl groups excluding tert-OH is 1. The predicted molar refractivity (Wildman–Crippen MR) is 88.2 cm³/mol. The third kappa shape index (κ3) is 21.3. The topological polar surface area (TPSA) is 20.2 Å². The number of hydrogen-bond donors (Lipinski definition) is 1. The molecule has 0 aliphatic heterocycles. The van der Waals surface area contributed by atoms with Crippen LogP contribution in [0.1, 0.15) is 94.4 Å². The van der Waals surface area contributed by atoms with Gasteiger partial charge in [0.25, 0.3) is 0 Å². The maximum atomic E-state index is 8.07. The van der Waals surface area contributed by atoms with Crippen LogP contribution in [-0.2, 0) is 0 Å². The minimum absolute atomic E-state index is 0. The van der Waals surface area contributed by atoms with Crippen molar-refractivity contribution in [3.63, 3.8) is 0 Å². The van der Waals surface area contributed by atoms with Crippen molar-refractivity contribution in [3.05, 3.63) is 0 Å². The third-order valence-corrected chi connectivity index (χ3v) is 3.05. The fourth-order valence-electron chi connectivity index (χ4n) is 1.66. The smallest absolute Gasteiger partial charge is 0.0430 e. The number of hydrogen-bond acceptors (Lipinski definition) is 1. The van der Waals surface area contributed by atoms with Gasteiger partial charge in [-0.15, -0.1) is 0 Å². The lowest BCUT2D eigenvalue weighted by Gasteiger charge is -2.24. The van der Waals surface area contributed by atoms with Crippen molar-refractivity contribution in [2.24, 2.45) is 11.8 Å². The van der Waals surface area contributed by atoms with Crippen molar-refractivity contribution in [1.82, 2.24) is 0 Å². The summed E-state index contributed by atoms with van der Waals surface area (Å²) in [6.45, 7) is 15.2. The minimum Gasteiger partial charge on any atom is -0.396 e. The van der Waals surface area contributed by atoms with Gasteiger partial charge in [0.15, 0.2) is 0 Å². The summed E-state index contributed by atoms with van der Waals surface area (Å²) >= 11 is 0. The average Bonchev–Trinajstić information content (AvgIpc) is 2.40. The molecule has 1 aliphatic rings. The van der Waals surface area contributed by atoms with E-state index in [-0.39, 0.29) is 7.43 Å². The minimum atomic E-state index is 0. The Balaban J connectivity index is -0.0000000863. The highest BCUT2D eigenvalue weighted by Gasteiger charge is 2.15. The van der Waals surface area contributed by atoms with E-state index in [1.54, 1.807) is 0 Å². The normalized spacial score (nSPS) is 20.7. The lowest BCUT2D eigenvalue weighted by molar-refractivity contribution is 0.277. The molecule has 0 heterocycles. The Labute approximate surface area is 118 Å². The summed E-state index contributed by atoms with van der Waals surface area (Å²) in [7, 11) is 0. The zero-order chi connectivity index (χ0) is 14.1. The molecule has 1 aliphatic carbocycles. The van der Waals surface area contributed by atoms with Gasteiger partial charge in [0.1, 0.15) is 0 Å². The van der Waals surface area contributed by atoms with Gasteiger partial charge in [-0.2, -0.15) is 0 Å². The lowest BCUT2D eigenvalue weighted by Crippen LogP contribution is -2.12. The van der Waals surface area contributed by atoms with Crippen LogP contribution in [0.5, 0.6) is 0 Å². The van der Waals surface area contributed by atoms with E-state index in [0.717, 1.165) is 24.7 Å². The van der Waals surface area contributed by atoms with Gasteiger partial charge in [0, 0.05) is 6.61 Å². The zero-order valence-corrected chi connectivity index (χ0v) is 13.6. The molecule has 0 radical (unpaired) electrons. The number of unbranched alkanes of at least 4 members (excludes halogenated alkanes) is 1. The van der Waals surface area contributed by atoms with Gasteiger partial charge < -0.3 is 5.11 Å². The quantitative estimate of drug-likeness (QED) is 0.619. The van der Waals surface area contributed by atoms with Gasteiger partial charge in [-0.3, -0.25) is 0 Å². The first-order valence-corrected chi connectivity index (χ1v) is 7.83. The van der Waals surface area contributed by atoms with Crippen molar-refractivity contribution in [3.8, 4) is 0 Å². The van der Waals surface area contributed by atoms with Crippen LogP contribution in [0.15, 0.2) is 0 Å². The molecule has 1 nitrogen and oxygen atoms in total. The summed E-state index contributed by atoms with van der Waals surface area (Å²) in [6, 6.07) is 0. The zero-order valence-electron chi connectivity index (χ0n) is 13.6. The van der Waals surface area contributed by atoms with Gasteiger partial charge in [-0.05, 0) is 18.3 Å². The Morgan fingerprint density at radius 2 is 1.22 bits per heavy atom. The summed E-state index contributed by atoms with van der Waals surface area (Å²) in [6.07, 6.45) is 7.94. The predicted octanol–water partition coefficient (Wildman–Crippen LogP) is 6.30. The highest BCUT2D eigenvalue weighted by molar-refractivity contribution is 4.67. The largest absolute Gasteiger partial charge is 0.396 e. The molecule has 1 saturated carbocycles. The van der Waals surface area contributed by atoms with Crippen LogP contribution in [0.3, 0.4) is 0 Å². The van der Waals surface area contributed by atoms with E-state index in [1.807, 2.05) is 27.7 Å². The average molecular weight is 263 g/mol. The Morgan fingerprint density at radius 3 is 1.33 bits per heavy atom. The van der Waals surface area contributed by atoms with E-state index in [1.165, 1.54) is 25.7 Å². The Morgan fingerprint density at radius 1 is 0.889 bits per heavy atom. The van der Waals surface area contributed by atoms with Crippen LogP contribution in [0.2, 0.25) is 0 Å². The van der Waals surface area contributed by atoms with Crippen LogP contribution >= 0.6 is 0 Å². The Bertz CT molecular complexity index is 89.8. The van der Waals surface area contributed by atoms with E-state index in [0.29, 0.717) is 6.61 Å². The van der Waals surface area contributed by atoms with E-state index >= 15 is 0 Å². The van der Waals surface area contributed by atoms with Gasteiger partial charge in [-0.1, -0.05) is 88.0 Å². The van der Waals surface area contributed by atoms with E-state index in [4.69, 9.17) is 5.11 Å².